The molecule has 0 spiro atoms. The number of aromatic nitrogens is 2. The van der Waals surface area contributed by atoms with Crippen molar-refractivity contribution in [2.75, 3.05) is 5.32 Å². The fourth-order valence-corrected chi connectivity index (χ4v) is 2.76. The molecule has 1 radical (unpaired) electrons. The van der Waals surface area contributed by atoms with Crippen LogP contribution in [0, 0.1) is 6.07 Å². The number of aromatic hydroxyl groups is 1. The number of rotatable bonds is 3. The molecule has 101 valence electrons. The number of thiazole rings is 1. The summed E-state index contributed by atoms with van der Waals surface area (Å²) in [5.41, 5.74) is 2.03. The maximum atomic E-state index is 10.0. The maximum absolute atomic E-state index is 10.0. The number of benzene rings is 1. The van der Waals surface area contributed by atoms with Crippen LogP contribution in [0.5, 0.6) is 5.75 Å². The van der Waals surface area contributed by atoms with Gasteiger partial charge in [0.15, 0.2) is 5.13 Å². The first-order valence-corrected chi connectivity index (χ1v) is 7.25. The lowest BCUT2D eigenvalue weighted by atomic mass is 10.1. The van der Waals surface area contributed by atoms with Crippen molar-refractivity contribution in [1.82, 2.24) is 9.97 Å². The van der Waals surface area contributed by atoms with Gasteiger partial charge in [0.2, 0.25) is 0 Å². The van der Waals surface area contributed by atoms with Gasteiger partial charge in [0.1, 0.15) is 17.1 Å². The van der Waals surface area contributed by atoms with Gasteiger partial charge in [-0.3, -0.25) is 0 Å². The molecular weight excluding hydrogens is 270 g/mol. The van der Waals surface area contributed by atoms with Crippen LogP contribution >= 0.6 is 11.3 Å². The average Bonchev–Trinajstić information content (AvgIpc) is 2.86. The third-order valence-electron chi connectivity index (χ3n) is 2.79. The molecule has 3 rings (SSSR count). The first-order chi connectivity index (χ1) is 9.63. The summed E-state index contributed by atoms with van der Waals surface area (Å²) in [6.45, 7) is 4.13. The van der Waals surface area contributed by atoms with E-state index in [4.69, 9.17) is 0 Å². The van der Waals surface area contributed by atoms with Crippen molar-refractivity contribution in [3.8, 4) is 17.1 Å². The Labute approximate surface area is 121 Å². The normalized spacial score (nSPS) is 11.2. The van der Waals surface area contributed by atoms with Gasteiger partial charge in [-0.05, 0) is 26.0 Å². The van der Waals surface area contributed by atoms with Gasteiger partial charge in [0.25, 0.3) is 0 Å². The summed E-state index contributed by atoms with van der Waals surface area (Å²) in [4.78, 5) is 8.97. The molecule has 0 amide bonds. The second-order valence-electron chi connectivity index (χ2n) is 4.79. The van der Waals surface area contributed by atoms with E-state index >= 15 is 0 Å². The van der Waals surface area contributed by atoms with Gasteiger partial charge in [-0.2, -0.15) is 0 Å². The van der Waals surface area contributed by atoms with E-state index in [-0.39, 0.29) is 5.75 Å². The highest BCUT2D eigenvalue weighted by Crippen LogP contribution is 2.30. The van der Waals surface area contributed by atoms with Gasteiger partial charge in [-0.1, -0.05) is 12.1 Å². The number of nitrogens with zero attached hydrogens (tertiary/aromatic N) is 2. The molecule has 0 bridgehead atoms. The van der Waals surface area contributed by atoms with Crippen molar-refractivity contribution >= 4 is 27.4 Å². The molecule has 0 aliphatic carbocycles. The fraction of sp³-hybridized carbons (Fsp3) is 0.200. The summed E-state index contributed by atoms with van der Waals surface area (Å²) in [5, 5.41) is 16.7. The van der Waals surface area contributed by atoms with E-state index in [9.17, 15) is 5.11 Å². The van der Waals surface area contributed by atoms with Crippen LogP contribution in [0.4, 0.5) is 5.13 Å². The van der Waals surface area contributed by atoms with Gasteiger partial charge in [-0.15, -0.1) is 11.3 Å². The second-order valence-corrected chi connectivity index (χ2v) is 5.65. The summed E-state index contributed by atoms with van der Waals surface area (Å²) in [6, 6.07) is 10.7. The van der Waals surface area contributed by atoms with E-state index < -0.39 is 0 Å². The number of fused-ring (bicyclic) bond motifs is 1. The Balaban J connectivity index is 2.03. The largest absolute Gasteiger partial charge is 0.507 e. The van der Waals surface area contributed by atoms with Crippen LogP contribution in [-0.4, -0.2) is 21.1 Å². The number of nitrogens with one attached hydrogen (secondary N) is 1. The summed E-state index contributed by atoms with van der Waals surface area (Å²) in [7, 11) is 0. The summed E-state index contributed by atoms with van der Waals surface area (Å²) >= 11 is 1.52. The molecule has 2 N–H and O–H groups in total. The molecule has 5 heteroatoms. The van der Waals surface area contributed by atoms with Crippen molar-refractivity contribution in [3.63, 3.8) is 0 Å². The highest BCUT2D eigenvalue weighted by atomic mass is 32.1. The molecule has 0 atom stereocenters. The lowest BCUT2D eigenvalue weighted by molar-refractivity contribution is 0.480. The Kier molecular flexibility index (Phi) is 3.28. The summed E-state index contributed by atoms with van der Waals surface area (Å²) < 4.78 is 0. The molecule has 3 aromatic rings. The van der Waals surface area contributed by atoms with E-state index in [0.29, 0.717) is 17.1 Å². The summed E-state index contributed by atoms with van der Waals surface area (Å²) in [5.74, 6) is 0.108. The monoisotopic (exact) mass is 284 g/mol. The molecule has 0 saturated heterocycles. The van der Waals surface area contributed by atoms with Crippen molar-refractivity contribution in [1.29, 1.82) is 0 Å². The van der Waals surface area contributed by atoms with Gasteiger partial charge in [0.05, 0.1) is 11.6 Å². The van der Waals surface area contributed by atoms with E-state index in [1.54, 1.807) is 0 Å². The molecule has 1 aromatic carbocycles. The van der Waals surface area contributed by atoms with Crippen LogP contribution in [0.1, 0.15) is 13.8 Å². The van der Waals surface area contributed by atoms with Gasteiger partial charge < -0.3 is 10.4 Å². The molecule has 0 aliphatic rings. The van der Waals surface area contributed by atoms with Crippen molar-refractivity contribution in [2.24, 2.45) is 0 Å². The fourth-order valence-electron chi connectivity index (χ4n) is 1.92. The predicted octanol–water partition coefficient (Wildman–Crippen LogP) is 3.68. The maximum Gasteiger partial charge on any atom is 0.183 e. The lowest BCUT2D eigenvalue weighted by Gasteiger charge is -2.05. The molecule has 2 aromatic heterocycles. The zero-order valence-corrected chi connectivity index (χ0v) is 12.0. The number of pyridine rings is 1. The number of hydrogen-bond acceptors (Lipinski definition) is 5. The summed E-state index contributed by atoms with van der Waals surface area (Å²) in [6.07, 6.45) is 0. The van der Waals surface area contributed by atoms with Crippen molar-refractivity contribution in [2.45, 2.75) is 19.9 Å². The smallest absolute Gasteiger partial charge is 0.183 e. The third kappa shape index (κ3) is 2.44. The molecule has 0 aliphatic heterocycles. The Morgan fingerprint density at radius 2 is 2.05 bits per heavy atom. The van der Waals surface area contributed by atoms with Crippen LogP contribution in [0.15, 0.2) is 29.6 Å². The molecule has 0 fully saturated rings. The van der Waals surface area contributed by atoms with Gasteiger partial charge in [-0.25, -0.2) is 9.97 Å². The van der Waals surface area contributed by atoms with Crippen LogP contribution in [0.3, 0.4) is 0 Å². The highest BCUT2D eigenvalue weighted by molar-refractivity contribution is 7.14. The molecular formula is C15H14N3OS. The minimum Gasteiger partial charge on any atom is -0.507 e. The van der Waals surface area contributed by atoms with Gasteiger partial charge in [0, 0.05) is 16.8 Å². The first-order valence-electron chi connectivity index (χ1n) is 6.37. The van der Waals surface area contributed by atoms with Crippen LogP contribution < -0.4 is 5.32 Å². The number of hydrogen-bond donors (Lipinski definition) is 2. The van der Waals surface area contributed by atoms with Crippen molar-refractivity contribution in [3.05, 3.63) is 35.7 Å². The Hall–Kier alpha value is -2.14. The molecule has 20 heavy (non-hydrogen) atoms. The van der Waals surface area contributed by atoms with Crippen LogP contribution in [0.2, 0.25) is 0 Å². The lowest BCUT2D eigenvalue weighted by Crippen LogP contribution is -2.09. The zero-order valence-electron chi connectivity index (χ0n) is 11.2. The Bertz CT molecular complexity index is 752. The number of anilines is 1. The molecule has 0 unspecified atom stereocenters. The zero-order chi connectivity index (χ0) is 14.1. The minimum atomic E-state index is 0.108. The van der Waals surface area contributed by atoms with Crippen molar-refractivity contribution < 1.29 is 5.11 Å². The SMILES string of the molecule is CC(C)Nc1nc(-c2[c]c(O)c3ccccc3n2)cs1. The van der Waals surface area contributed by atoms with E-state index in [2.05, 4.69) is 35.2 Å². The van der Waals surface area contributed by atoms with Crippen LogP contribution in [-0.2, 0) is 0 Å². The van der Waals surface area contributed by atoms with Crippen LogP contribution in [0.25, 0.3) is 22.3 Å². The highest BCUT2D eigenvalue weighted by Gasteiger charge is 2.10. The molecule has 4 nitrogen and oxygen atoms in total. The van der Waals surface area contributed by atoms with E-state index in [1.807, 2.05) is 29.6 Å². The molecule has 0 saturated carbocycles. The minimum absolute atomic E-state index is 0.108. The number of para-hydroxylation sites is 1. The quantitative estimate of drug-likeness (QED) is 0.770. The third-order valence-corrected chi connectivity index (χ3v) is 3.56. The average molecular weight is 284 g/mol. The second kappa shape index (κ2) is 5.09. The predicted molar refractivity (Wildman–Crippen MR) is 82.1 cm³/mol. The molecule has 2 heterocycles. The van der Waals surface area contributed by atoms with E-state index in [1.165, 1.54) is 11.3 Å². The van der Waals surface area contributed by atoms with E-state index in [0.717, 1.165) is 16.3 Å². The first kappa shape index (κ1) is 12.9. The Morgan fingerprint density at radius 1 is 1.25 bits per heavy atom. The Morgan fingerprint density at radius 3 is 2.85 bits per heavy atom. The standard InChI is InChI=1S/C15H14N3OS/c1-9(2)16-15-18-13(8-20-15)12-7-14(19)10-5-3-4-6-11(10)17-12/h3-6,8-9H,1-2H3,(H,16,18)(H,17,19). The topological polar surface area (TPSA) is 58.0 Å². The van der Waals surface area contributed by atoms with Gasteiger partial charge >= 0.3 is 0 Å².